The fourth-order valence-electron chi connectivity index (χ4n) is 3.07. The number of carbonyl (C=O) groups is 1. The molecular weight excluding hydrogens is 294 g/mol. The topological polar surface area (TPSA) is 93.4 Å². The van der Waals surface area contributed by atoms with E-state index in [1.807, 2.05) is 6.92 Å². The Morgan fingerprint density at radius 3 is 2.86 bits per heavy atom. The summed E-state index contributed by atoms with van der Waals surface area (Å²) in [6.07, 6.45) is 2.77. The van der Waals surface area contributed by atoms with Crippen molar-refractivity contribution in [2.24, 2.45) is 5.92 Å². The molecule has 8 heteroatoms. The second kappa shape index (κ2) is 5.40. The number of likely N-dealkylation sites (tertiary alicyclic amines) is 1. The maximum Gasteiger partial charge on any atom is 0.227 e. The molecule has 0 radical (unpaired) electrons. The highest BCUT2D eigenvalue weighted by molar-refractivity contribution is 7.91. The Labute approximate surface area is 123 Å². The van der Waals surface area contributed by atoms with Crippen molar-refractivity contribution in [1.82, 2.24) is 15.0 Å². The first-order valence-electron chi connectivity index (χ1n) is 7.33. The fourth-order valence-corrected chi connectivity index (χ4v) is 4.80. The minimum Gasteiger partial charge on any atom is -0.339 e. The van der Waals surface area contributed by atoms with Gasteiger partial charge in [0.1, 0.15) is 0 Å². The number of sulfone groups is 1. The monoisotopic (exact) mass is 313 g/mol. The van der Waals surface area contributed by atoms with E-state index in [-0.39, 0.29) is 23.5 Å². The second-order valence-corrected chi connectivity index (χ2v) is 7.92. The second-order valence-electron chi connectivity index (χ2n) is 5.69. The van der Waals surface area contributed by atoms with Crippen molar-refractivity contribution < 1.29 is 17.7 Å². The summed E-state index contributed by atoms with van der Waals surface area (Å²) < 4.78 is 28.2. The molecule has 0 spiro atoms. The van der Waals surface area contributed by atoms with Gasteiger partial charge in [0, 0.05) is 13.0 Å². The van der Waals surface area contributed by atoms with E-state index in [4.69, 9.17) is 4.52 Å². The van der Waals surface area contributed by atoms with E-state index in [9.17, 15) is 13.2 Å². The number of nitrogens with zero attached hydrogens (tertiary/aromatic N) is 3. The molecule has 0 aliphatic carbocycles. The highest BCUT2D eigenvalue weighted by Crippen LogP contribution is 2.33. The van der Waals surface area contributed by atoms with Crippen LogP contribution in [0.4, 0.5) is 0 Å². The van der Waals surface area contributed by atoms with Crippen LogP contribution in [0.15, 0.2) is 4.52 Å². The van der Waals surface area contributed by atoms with Crippen molar-refractivity contribution in [3.05, 3.63) is 11.7 Å². The van der Waals surface area contributed by atoms with Gasteiger partial charge in [-0.2, -0.15) is 4.98 Å². The Bertz CT molecular complexity index is 640. The Morgan fingerprint density at radius 2 is 2.24 bits per heavy atom. The normalized spacial score (nSPS) is 28.1. The van der Waals surface area contributed by atoms with Crippen molar-refractivity contribution in [2.75, 3.05) is 18.1 Å². The van der Waals surface area contributed by atoms with Crippen LogP contribution in [0.3, 0.4) is 0 Å². The molecule has 1 amide bonds. The molecule has 3 heterocycles. The van der Waals surface area contributed by atoms with Gasteiger partial charge in [-0.1, -0.05) is 12.1 Å². The van der Waals surface area contributed by atoms with Crippen LogP contribution >= 0.6 is 0 Å². The molecule has 2 saturated heterocycles. The summed E-state index contributed by atoms with van der Waals surface area (Å²) in [5.74, 6) is 0.701. The molecule has 0 N–H and O–H groups in total. The van der Waals surface area contributed by atoms with Gasteiger partial charge in [0.25, 0.3) is 0 Å². The van der Waals surface area contributed by atoms with E-state index in [1.54, 1.807) is 4.90 Å². The largest absolute Gasteiger partial charge is 0.339 e. The van der Waals surface area contributed by atoms with E-state index in [0.29, 0.717) is 31.1 Å². The Kier molecular flexibility index (Phi) is 3.73. The van der Waals surface area contributed by atoms with Gasteiger partial charge in [0.05, 0.1) is 23.5 Å². The van der Waals surface area contributed by atoms with Crippen molar-refractivity contribution in [3.8, 4) is 0 Å². The molecule has 0 aromatic carbocycles. The zero-order valence-electron chi connectivity index (χ0n) is 12.0. The highest BCUT2D eigenvalue weighted by Gasteiger charge is 2.40. The van der Waals surface area contributed by atoms with Crippen molar-refractivity contribution in [1.29, 1.82) is 0 Å². The lowest BCUT2D eigenvalue weighted by atomic mass is 10.1. The summed E-state index contributed by atoms with van der Waals surface area (Å²) in [6, 6.07) is -0.176. The molecule has 1 aromatic rings. The van der Waals surface area contributed by atoms with Crippen LogP contribution in [0.1, 0.15) is 43.9 Å². The summed E-state index contributed by atoms with van der Waals surface area (Å²) in [7, 11) is -3.05. The molecule has 3 rings (SSSR count). The zero-order valence-corrected chi connectivity index (χ0v) is 12.8. The number of carbonyl (C=O) groups excluding carboxylic acids is 1. The fraction of sp³-hybridized carbons (Fsp3) is 0.769. The maximum atomic E-state index is 12.6. The predicted molar refractivity (Wildman–Crippen MR) is 74.1 cm³/mol. The molecule has 2 atom stereocenters. The average molecular weight is 313 g/mol. The van der Waals surface area contributed by atoms with Crippen molar-refractivity contribution >= 4 is 15.7 Å². The van der Waals surface area contributed by atoms with Gasteiger partial charge in [-0.05, 0) is 19.3 Å². The summed E-state index contributed by atoms with van der Waals surface area (Å²) in [5, 5.41) is 3.96. The molecule has 21 heavy (non-hydrogen) atoms. The molecule has 0 unspecified atom stereocenters. The van der Waals surface area contributed by atoms with Crippen LogP contribution in [0, 0.1) is 5.92 Å². The van der Waals surface area contributed by atoms with Crippen LogP contribution in [-0.4, -0.2) is 47.4 Å². The molecule has 2 aliphatic heterocycles. The van der Waals surface area contributed by atoms with Crippen LogP contribution in [0.25, 0.3) is 0 Å². The van der Waals surface area contributed by atoms with Crippen molar-refractivity contribution in [3.63, 3.8) is 0 Å². The number of amides is 1. The smallest absolute Gasteiger partial charge is 0.227 e. The molecule has 2 aliphatic rings. The standard InChI is InChI=1S/C13H19N3O4S/c1-2-11-14-12(15-20-11)10-4-3-6-16(10)13(17)9-5-7-21(18,19)8-9/h9-10H,2-8H2,1H3/t9-,10+/m0/s1. The quantitative estimate of drug-likeness (QED) is 0.816. The summed E-state index contributed by atoms with van der Waals surface area (Å²) >= 11 is 0. The molecular formula is C13H19N3O4S. The third-order valence-corrected chi connectivity index (χ3v) is 5.97. The Hall–Kier alpha value is -1.44. The molecule has 1 aromatic heterocycles. The lowest BCUT2D eigenvalue weighted by molar-refractivity contribution is -0.135. The number of aromatic nitrogens is 2. The molecule has 7 nitrogen and oxygen atoms in total. The van der Waals surface area contributed by atoms with Crippen LogP contribution in [-0.2, 0) is 21.1 Å². The van der Waals surface area contributed by atoms with Gasteiger partial charge >= 0.3 is 0 Å². The first-order chi connectivity index (χ1) is 10.00. The zero-order chi connectivity index (χ0) is 15.0. The Balaban J connectivity index is 1.76. The van der Waals surface area contributed by atoms with Gasteiger partial charge < -0.3 is 9.42 Å². The van der Waals surface area contributed by atoms with Gasteiger partial charge in [-0.15, -0.1) is 0 Å². The van der Waals surface area contributed by atoms with E-state index >= 15 is 0 Å². The lowest BCUT2D eigenvalue weighted by Gasteiger charge is -2.24. The van der Waals surface area contributed by atoms with E-state index in [2.05, 4.69) is 10.1 Å². The van der Waals surface area contributed by atoms with E-state index in [0.717, 1.165) is 12.8 Å². The number of aryl methyl sites for hydroxylation is 1. The van der Waals surface area contributed by atoms with Crippen LogP contribution in [0.5, 0.6) is 0 Å². The number of rotatable bonds is 3. The molecule has 0 saturated carbocycles. The third-order valence-electron chi connectivity index (χ3n) is 4.20. The third kappa shape index (κ3) is 2.81. The maximum absolute atomic E-state index is 12.6. The Morgan fingerprint density at radius 1 is 1.43 bits per heavy atom. The SMILES string of the molecule is CCc1nc([C@H]2CCCN2C(=O)[C@H]2CCS(=O)(=O)C2)no1. The van der Waals surface area contributed by atoms with Crippen LogP contribution < -0.4 is 0 Å². The first kappa shape index (κ1) is 14.5. The van der Waals surface area contributed by atoms with Gasteiger partial charge in [-0.3, -0.25) is 4.79 Å². The minimum absolute atomic E-state index is 0.0263. The molecule has 2 fully saturated rings. The van der Waals surface area contributed by atoms with Gasteiger partial charge in [-0.25, -0.2) is 8.42 Å². The van der Waals surface area contributed by atoms with Crippen molar-refractivity contribution in [2.45, 2.75) is 38.6 Å². The van der Waals surface area contributed by atoms with Gasteiger partial charge in [0.2, 0.25) is 11.8 Å². The summed E-state index contributed by atoms with van der Waals surface area (Å²) in [5.41, 5.74) is 0. The van der Waals surface area contributed by atoms with Crippen LogP contribution in [0.2, 0.25) is 0 Å². The van der Waals surface area contributed by atoms with Gasteiger partial charge in [0.15, 0.2) is 15.7 Å². The minimum atomic E-state index is -3.05. The van der Waals surface area contributed by atoms with E-state index in [1.165, 1.54) is 0 Å². The molecule has 116 valence electrons. The predicted octanol–water partition coefficient (Wildman–Crippen LogP) is 0.730. The highest BCUT2D eigenvalue weighted by atomic mass is 32.2. The summed E-state index contributed by atoms with van der Waals surface area (Å²) in [4.78, 5) is 18.6. The number of hydrogen-bond acceptors (Lipinski definition) is 6. The lowest BCUT2D eigenvalue weighted by Crippen LogP contribution is -2.36. The average Bonchev–Trinajstić information content (AvgIpc) is 3.15. The summed E-state index contributed by atoms with van der Waals surface area (Å²) in [6.45, 7) is 2.56. The first-order valence-corrected chi connectivity index (χ1v) is 9.15. The number of hydrogen-bond donors (Lipinski definition) is 0. The molecule has 0 bridgehead atoms. The van der Waals surface area contributed by atoms with E-state index < -0.39 is 15.8 Å².